The summed E-state index contributed by atoms with van der Waals surface area (Å²) < 4.78 is 6.38. The second kappa shape index (κ2) is 7.37. The van der Waals surface area contributed by atoms with Crippen molar-refractivity contribution in [3.63, 3.8) is 0 Å². The van der Waals surface area contributed by atoms with Crippen LogP contribution in [0.3, 0.4) is 0 Å². The lowest BCUT2D eigenvalue weighted by Gasteiger charge is -2.36. The quantitative estimate of drug-likeness (QED) is 0.779. The first-order valence-corrected chi connectivity index (χ1v) is 11.8. The zero-order valence-electron chi connectivity index (χ0n) is 15.8. The van der Waals surface area contributed by atoms with Gasteiger partial charge in [0.1, 0.15) is 5.75 Å². The molecule has 1 aromatic rings. The van der Waals surface area contributed by atoms with E-state index in [2.05, 4.69) is 75.4 Å². The van der Waals surface area contributed by atoms with Gasteiger partial charge in [-0.25, -0.2) is 0 Å². The van der Waals surface area contributed by atoms with Gasteiger partial charge in [-0.3, -0.25) is 0 Å². The molecule has 0 spiro atoms. The van der Waals surface area contributed by atoms with Gasteiger partial charge in [0, 0.05) is 12.6 Å². The number of hydrogen-bond donors (Lipinski definition) is 1. The summed E-state index contributed by atoms with van der Waals surface area (Å²) >= 11 is 0. The van der Waals surface area contributed by atoms with E-state index in [0.717, 1.165) is 12.3 Å². The molecule has 3 nitrogen and oxygen atoms in total. The minimum Gasteiger partial charge on any atom is -0.544 e. The smallest absolute Gasteiger partial charge is 0.250 e. The van der Waals surface area contributed by atoms with Gasteiger partial charge in [-0.2, -0.15) is 0 Å². The number of likely N-dealkylation sites (N-methyl/N-ethyl adjacent to an activating group) is 1. The van der Waals surface area contributed by atoms with Crippen LogP contribution < -0.4 is 9.74 Å². The molecule has 1 saturated heterocycles. The molecule has 1 aliphatic rings. The highest BCUT2D eigenvalue weighted by atomic mass is 28.4. The van der Waals surface area contributed by atoms with E-state index < -0.39 is 8.32 Å². The Bertz CT molecular complexity index is 487. The predicted octanol–water partition coefficient (Wildman–Crippen LogP) is 4.43. The van der Waals surface area contributed by atoms with Crippen LogP contribution in [0.15, 0.2) is 24.3 Å². The molecule has 23 heavy (non-hydrogen) atoms. The standard InChI is InChI=1S/C19H34N2OSi/c1-19(2,3)23(5,6)22-17-11-9-16(10-12-17)18(20-4)15-21-13-7-8-14-21/h9-12,18,20H,7-8,13-15H2,1-6H3/t18-/m1/s1. The first kappa shape index (κ1) is 18.5. The van der Waals surface area contributed by atoms with Crippen LogP contribution in [0.25, 0.3) is 0 Å². The Morgan fingerprint density at radius 1 is 1.13 bits per heavy atom. The lowest BCUT2D eigenvalue weighted by molar-refractivity contribution is 0.299. The van der Waals surface area contributed by atoms with E-state index in [-0.39, 0.29) is 5.04 Å². The minimum absolute atomic E-state index is 0.231. The van der Waals surface area contributed by atoms with E-state index in [1.165, 1.54) is 31.5 Å². The first-order chi connectivity index (χ1) is 10.7. The maximum absolute atomic E-state index is 6.38. The van der Waals surface area contributed by atoms with Crippen LogP contribution in [0.4, 0.5) is 0 Å². The molecule has 0 radical (unpaired) electrons. The first-order valence-electron chi connectivity index (χ1n) is 8.91. The van der Waals surface area contributed by atoms with Gasteiger partial charge in [0.2, 0.25) is 8.32 Å². The highest BCUT2D eigenvalue weighted by molar-refractivity contribution is 6.74. The molecule has 0 unspecified atom stereocenters. The number of benzene rings is 1. The van der Waals surface area contributed by atoms with Crippen LogP contribution in [0.2, 0.25) is 18.1 Å². The maximum Gasteiger partial charge on any atom is 0.250 e. The number of hydrogen-bond acceptors (Lipinski definition) is 3. The summed E-state index contributed by atoms with van der Waals surface area (Å²) in [5.74, 6) is 1.01. The third-order valence-corrected chi connectivity index (χ3v) is 9.81. The Balaban J connectivity index is 2.02. The lowest BCUT2D eigenvalue weighted by Crippen LogP contribution is -2.43. The Hall–Kier alpha value is -0.843. The Morgan fingerprint density at radius 3 is 2.17 bits per heavy atom. The zero-order chi connectivity index (χ0) is 17.1. The van der Waals surface area contributed by atoms with E-state index in [0.29, 0.717) is 6.04 Å². The van der Waals surface area contributed by atoms with Crippen LogP contribution in [0.1, 0.15) is 45.2 Å². The fraction of sp³-hybridized carbons (Fsp3) is 0.684. The molecule has 1 aromatic carbocycles. The average Bonchev–Trinajstić information content (AvgIpc) is 2.97. The molecule has 1 atom stereocenters. The van der Waals surface area contributed by atoms with Gasteiger partial charge in [-0.1, -0.05) is 32.9 Å². The molecule has 130 valence electrons. The SMILES string of the molecule is CN[C@H](CN1CCCC1)c1ccc(O[Si](C)(C)C(C)(C)C)cc1. The molecule has 4 heteroatoms. The average molecular weight is 335 g/mol. The van der Waals surface area contributed by atoms with E-state index >= 15 is 0 Å². The molecule has 0 aliphatic carbocycles. The Kier molecular flexibility index (Phi) is 5.92. The van der Waals surface area contributed by atoms with Gasteiger partial charge < -0.3 is 14.6 Å². The monoisotopic (exact) mass is 334 g/mol. The molecule has 1 heterocycles. The van der Waals surface area contributed by atoms with Crippen molar-refractivity contribution in [2.24, 2.45) is 0 Å². The van der Waals surface area contributed by atoms with Gasteiger partial charge in [-0.15, -0.1) is 0 Å². The fourth-order valence-corrected chi connectivity index (χ4v) is 3.83. The summed E-state index contributed by atoms with van der Waals surface area (Å²) in [5, 5.41) is 3.69. The number of likely N-dealkylation sites (tertiary alicyclic amines) is 1. The van der Waals surface area contributed by atoms with Gasteiger partial charge in [-0.05, 0) is 68.8 Å². The minimum atomic E-state index is -1.75. The highest BCUT2D eigenvalue weighted by Crippen LogP contribution is 2.37. The van der Waals surface area contributed by atoms with Crippen molar-refractivity contribution in [2.75, 3.05) is 26.7 Å². The van der Waals surface area contributed by atoms with E-state index in [4.69, 9.17) is 4.43 Å². The molecular formula is C19H34N2OSi. The van der Waals surface area contributed by atoms with Crippen LogP contribution in [0, 0.1) is 0 Å². The Labute approximate surface area is 143 Å². The summed E-state index contributed by atoms with van der Waals surface area (Å²) in [4.78, 5) is 2.56. The lowest BCUT2D eigenvalue weighted by atomic mass is 10.1. The van der Waals surface area contributed by atoms with Crippen molar-refractivity contribution in [1.29, 1.82) is 0 Å². The molecule has 2 rings (SSSR count). The van der Waals surface area contributed by atoms with Crippen molar-refractivity contribution in [3.8, 4) is 5.75 Å². The second-order valence-corrected chi connectivity index (χ2v) is 13.0. The summed E-state index contributed by atoms with van der Waals surface area (Å²) in [7, 11) is 0.304. The maximum atomic E-state index is 6.38. The molecule has 1 N–H and O–H groups in total. The van der Waals surface area contributed by atoms with Crippen molar-refractivity contribution in [3.05, 3.63) is 29.8 Å². The molecule has 1 aliphatic heterocycles. The Morgan fingerprint density at radius 2 is 1.70 bits per heavy atom. The molecule has 0 saturated carbocycles. The largest absolute Gasteiger partial charge is 0.544 e. The third kappa shape index (κ3) is 4.81. The highest BCUT2D eigenvalue weighted by Gasteiger charge is 2.38. The third-order valence-electron chi connectivity index (χ3n) is 5.45. The number of rotatable bonds is 6. The summed E-state index contributed by atoms with van der Waals surface area (Å²) in [5.41, 5.74) is 1.35. The van der Waals surface area contributed by atoms with Crippen molar-refractivity contribution in [1.82, 2.24) is 10.2 Å². The summed E-state index contributed by atoms with van der Waals surface area (Å²) in [6.07, 6.45) is 2.69. The van der Waals surface area contributed by atoms with Crippen molar-refractivity contribution < 1.29 is 4.43 Å². The van der Waals surface area contributed by atoms with Gasteiger partial charge in [0.15, 0.2) is 0 Å². The van der Waals surface area contributed by atoms with E-state index in [9.17, 15) is 0 Å². The summed E-state index contributed by atoms with van der Waals surface area (Å²) in [6.45, 7) is 15.0. The fourth-order valence-electron chi connectivity index (χ4n) is 2.80. The number of nitrogens with one attached hydrogen (secondary N) is 1. The van der Waals surface area contributed by atoms with Crippen molar-refractivity contribution >= 4 is 8.32 Å². The van der Waals surface area contributed by atoms with E-state index in [1.807, 2.05) is 0 Å². The molecule has 0 amide bonds. The molecule has 1 fully saturated rings. The molecule has 0 aromatic heterocycles. The van der Waals surface area contributed by atoms with Gasteiger partial charge in [0.25, 0.3) is 0 Å². The van der Waals surface area contributed by atoms with E-state index in [1.54, 1.807) is 0 Å². The molecule has 0 bridgehead atoms. The van der Waals surface area contributed by atoms with Crippen LogP contribution in [-0.2, 0) is 0 Å². The van der Waals surface area contributed by atoms with Crippen LogP contribution in [-0.4, -0.2) is 39.9 Å². The predicted molar refractivity (Wildman–Crippen MR) is 102 cm³/mol. The van der Waals surface area contributed by atoms with Crippen LogP contribution in [0.5, 0.6) is 5.75 Å². The molecular weight excluding hydrogens is 300 g/mol. The van der Waals surface area contributed by atoms with Gasteiger partial charge in [0.05, 0.1) is 0 Å². The van der Waals surface area contributed by atoms with Crippen LogP contribution >= 0.6 is 0 Å². The van der Waals surface area contributed by atoms with Crippen molar-refractivity contribution in [2.45, 2.75) is 57.8 Å². The number of nitrogens with zero attached hydrogens (tertiary/aromatic N) is 1. The van der Waals surface area contributed by atoms with Gasteiger partial charge >= 0.3 is 0 Å². The zero-order valence-corrected chi connectivity index (χ0v) is 16.8. The second-order valence-electron chi connectivity index (χ2n) is 8.28. The summed E-state index contributed by atoms with van der Waals surface area (Å²) in [6, 6.07) is 9.13. The normalized spacial score (nSPS) is 18.2. The topological polar surface area (TPSA) is 24.5 Å².